The molecule has 1 aromatic heterocycles. The van der Waals surface area contributed by atoms with Crippen LogP contribution in [0.4, 0.5) is 9.59 Å². The zero-order valence-electron chi connectivity index (χ0n) is 22.4. The first-order valence-electron chi connectivity index (χ1n) is 12.6. The number of carbonyl (C=O) groups is 2. The summed E-state index contributed by atoms with van der Waals surface area (Å²) in [6.07, 6.45) is 6.30. The highest BCUT2D eigenvalue weighted by Gasteiger charge is 2.25. The van der Waals surface area contributed by atoms with E-state index in [4.69, 9.17) is 18.9 Å². The van der Waals surface area contributed by atoms with E-state index >= 15 is 0 Å². The van der Waals surface area contributed by atoms with Crippen LogP contribution in [0.3, 0.4) is 0 Å². The lowest BCUT2D eigenvalue weighted by molar-refractivity contribution is -0.106. The summed E-state index contributed by atoms with van der Waals surface area (Å²) in [6, 6.07) is 3.75. The van der Waals surface area contributed by atoms with Crippen molar-refractivity contribution in [1.82, 2.24) is 9.88 Å². The van der Waals surface area contributed by atoms with Gasteiger partial charge in [-0.3, -0.25) is 4.57 Å². The van der Waals surface area contributed by atoms with Crippen molar-refractivity contribution in [2.45, 2.75) is 91.1 Å². The minimum absolute atomic E-state index is 0.301. The average Bonchev–Trinajstić information content (AvgIpc) is 3.13. The van der Waals surface area contributed by atoms with Gasteiger partial charge in [0, 0.05) is 30.1 Å². The molecule has 1 unspecified atom stereocenters. The number of allylic oxidation sites excluding steroid dienone is 1. The maximum absolute atomic E-state index is 13.1. The topological polar surface area (TPSA) is 88.0 Å². The Bertz CT molecular complexity index is 1080. The van der Waals surface area contributed by atoms with Gasteiger partial charge in [0.15, 0.2) is 6.29 Å². The number of ether oxygens (including phenoxy) is 4. The lowest BCUT2D eigenvalue weighted by Gasteiger charge is -2.25. The van der Waals surface area contributed by atoms with E-state index in [-0.39, 0.29) is 6.29 Å². The van der Waals surface area contributed by atoms with Crippen LogP contribution < -0.4 is 10.1 Å². The van der Waals surface area contributed by atoms with Gasteiger partial charge >= 0.3 is 12.2 Å². The molecule has 8 heteroatoms. The molecule has 1 aliphatic heterocycles. The van der Waals surface area contributed by atoms with E-state index in [0.717, 1.165) is 35.8 Å². The van der Waals surface area contributed by atoms with E-state index in [9.17, 15) is 9.59 Å². The molecule has 1 aliphatic rings. The van der Waals surface area contributed by atoms with Crippen LogP contribution in [0.25, 0.3) is 10.9 Å². The fourth-order valence-electron chi connectivity index (χ4n) is 4.13. The molecule has 1 atom stereocenters. The zero-order chi connectivity index (χ0) is 26.5. The molecular formula is C28H40N2O6. The van der Waals surface area contributed by atoms with Crippen LogP contribution in [-0.4, -0.2) is 47.4 Å². The summed E-state index contributed by atoms with van der Waals surface area (Å²) in [6.45, 7) is 15.9. The van der Waals surface area contributed by atoms with Gasteiger partial charge in [-0.05, 0) is 84.9 Å². The van der Waals surface area contributed by atoms with Gasteiger partial charge in [0.1, 0.15) is 17.0 Å². The summed E-state index contributed by atoms with van der Waals surface area (Å²) >= 11 is 0. The van der Waals surface area contributed by atoms with Gasteiger partial charge < -0.3 is 24.3 Å². The van der Waals surface area contributed by atoms with E-state index in [1.807, 2.05) is 59.8 Å². The van der Waals surface area contributed by atoms with E-state index in [2.05, 4.69) is 11.9 Å². The van der Waals surface area contributed by atoms with E-state index < -0.39 is 23.4 Å². The summed E-state index contributed by atoms with van der Waals surface area (Å²) in [5, 5.41) is 3.69. The van der Waals surface area contributed by atoms with E-state index in [1.54, 1.807) is 6.20 Å². The molecule has 198 valence electrons. The number of hydrogen-bond acceptors (Lipinski definition) is 6. The minimum Gasteiger partial charge on any atom is -0.465 e. The number of benzene rings is 1. The molecule has 0 aliphatic carbocycles. The molecule has 0 radical (unpaired) electrons. The van der Waals surface area contributed by atoms with Crippen molar-refractivity contribution in [1.29, 1.82) is 0 Å². The second-order valence-corrected chi connectivity index (χ2v) is 11.0. The Morgan fingerprint density at radius 2 is 1.86 bits per heavy atom. The fourth-order valence-corrected chi connectivity index (χ4v) is 4.13. The predicted octanol–water partition coefficient (Wildman–Crippen LogP) is 6.13. The number of hydrogen-bond donors (Lipinski definition) is 1. The fraction of sp³-hybridized carbons (Fsp3) is 0.571. The van der Waals surface area contributed by atoms with Crippen LogP contribution in [0, 0.1) is 0 Å². The Morgan fingerprint density at radius 1 is 1.14 bits per heavy atom. The van der Waals surface area contributed by atoms with Crippen LogP contribution in [0.1, 0.15) is 71.9 Å². The molecule has 0 spiro atoms. The Morgan fingerprint density at radius 3 is 2.47 bits per heavy atom. The standard InChI is InChI=1S/C28H40N2O6/c1-8-11-20-22(34-23-12-9-10-17-33-23)14-13-21-24(20)19(15-16-29-25(31)35-27(2,3)4)18-30(21)26(32)36-28(5,6)7/h8,13-14,18,23H,1,9-12,15-17H2,2-7H3,(H,29,31). The average molecular weight is 501 g/mol. The Hall–Kier alpha value is -3.00. The lowest BCUT2D eigenvalue weighted by Crippen LogP contribution is -2.33. The van der Waals surface area contributed by atoms with E-state index in [1.165, 1.54) is 4.57 Å². The predicted molar refractivity (Wildman–Crippen MR) is 140 cm³/mol. The highest BCUT2D eigenvalue weighted by atomic mass is 16.7. The monoisotopic (exact) mass is 500 g/mol. The molecular weight excluding hydrogens is 460 g/mol. The third-order valence-corrected chi connectivity index (χ3v) is 5.51. The van der Waals surface area contributed by atoms with Crippen molar-refractivity contribution in [3.63, 3.8) is 0 Å². The van der Waals surface area contributed by atoms with E-state index in [0.29, 0.717) is 37.3 Å². The molecule has 1 saturated heterocycles. The van der Waals surface area contributed by atoms with Crippen molar-refractivity contribution >= 4 is 23.1 Å². The van der Waals surface area contributed by atoms with Crippen molar-refractivity contribution in [2.75, 3.05) is 13.2 Å². The Kier molecular flexibility index (Phi) is 8.71. The van der Waals surface area contributed by atoms with Gasteiger partial charge in [-0.15, -0.1) is 6.58 Å². The molecule has 8 nitrogen and oxygen atoms in total. The number of aromatic nitrogens is 1. The van der Waals surface area contributed by atoms with Crippen LogP contribution in [0.5, 0.6) is 5.75 Å². The van der Waals surface area contributed by atoms with Crippen LogP contribution in [-0.2, 0) is 27.1 Å². The molecule has 36 heavy (non-hydrogen) atoms. The molecule has 2 heterocycles. The number of amides is 1. The maximum Gasteiger partial charge on any atom is 0.419 e. The quantitative estimate of drug-likeness (QED) is 0.461. The normalized spacial score (nSPS) is 16.4. The zero-order valence-corrected chi connectivity index (χ0v) is 22.4. The maximum atomic E-state index is 13.1. The molecule has 1 amide bonds. The Labute approximate surface area is 213 Å². The number of carbonyl (C=O) groups excluding carboxylic acids is 2. The highest BCUT2D eigenvalue weighted by molar-refractivity contribution is 5.95. The summed E-state index contributed by atoms with van der Waals surface area (Å²) in [5.74, 6) is 0.706. The van der Waals surface area contributed by atoms with Crippen LogP contribution in [0.15, 0.2) is 31.0 Å². The van der Waals surface area contributed by atoms with Crippen molar-refractivity contribution in [3.8, 4) is 5.75 Å². The van der Waals surface area contributed by atoms with Gasteiger partial charge in [-0.1, -0.05) is 6.08 Å². The van der Waals surface area contributed by atoms with Crippen LogP contribution in [0.2, 0.25) is 0 Å². The number of rotatable bonds is 7. The summed E-state index contributed by atoms with van der Waals surface area (Å²) in [5.41, 5.74) is 1.30. The largest absolute Gasteiger partial charge is 0.465 e. The third-order valence-electron chi connectivity index (χ3n) is 5.51. The first kappa shape index (κ1) is 27.6. The van der Waals surface area contributed by atoms with Gasteiger partial charge in [-0.25, -0.2) is 9.59 Å². The summed E-state index contributed by atoms with van der Waals surface area (Å²) in [7, 11) is 0. The first-order valence-corrected chi connectivity index (χ1v) is 12.6. The molecule has 2 aromatic rings. The minimum atomic E-state index is -0.641. The molecule has 3 rings (SSSR count). The van der Waals surface area contributed by atoms with Gasteiger partial charge in [0.2, 0.25) is 0 Å². The number of fused-ring (bicyclic) bond motifs is 1. The molecule has 0 bridgehead atoms. The molecule has 1 fully saturated rings. The summed E-state index contributed by atoms with van der Waals surface area (Å²) < 4.78 is 24.6. The van der Waals surface area contributed by atoms with Crippen molar-refractivity contribution in [3.05, 3.63) is 42.1 Å². The van der Waals surface area contributed by atoms with Gasteiger partial charge in [-0.2, -0.15) is 0 Å². The lowest BCUT2D eigenvalue weighted by atomic mass is 10.0. The first-order chi connectivity index (χ1) is 16.9. The summed E-state index contributed by atoms with van der Waals surface area (Å²) in [4.78, 5) is 25.2. The second-order valence-electron chi connectivity index (χ2n) is 11.0. The number of nitrogens with one attached hydrogen (secondary N) is 1. The molecule has 1 N–H and O–H groups in total. The third kappa shape index (κ3) is 7.50. The smallest absolute Gasteiger partial charge is 0.419 e. The Balaban J connectivity index is 1.98. The molecule has 1 aromatic carbocycles. The van der Waals surface area contributed by atoms with Crippen molar-refractivity contribution < 1.29 is 28.5 Å². The molecule has 0 saturated carbocycles. The van der Waals surface area contributed by atoms with Crippen molar-refractivity contribution in [2.24, 2.45) is 0 Å². The van der Waals surface area contributed by atoms with Crippen LogP contribution >= 0.6 is 0 Å². The second kappa shape index (κ2) is 11.4. The highest BCUT2D eigenvalue weighted by Crippen LogP contribution is 2.35. The number of nitrogens with zero attached hydrogens (tertiary/aromatic N) is 1. The number of alkyl carbamates (subject to hydrolysis) is 1. The van der Waals surface area contributed by atoms with Gasteiger partial charge in [0.25, 0.3) is 0 Å². The SMILES string of the molecule is C=CCc1c(OC2CCCCO2)ccc2c1c(CCNC(=O)OC(C)(C)C)cn2C(=O)OC(C)(C)C. The van der Waals surface area contributed by atoms with Gasteiger partial charge in [0.05, 0.1) is 12.1 Å².